The van der Waals surface area contributed by atoms with Gasteiger partial charge in [-0.25, -0.2) is 0 Å². The minimum atomic E-state index is 0.0801. The first-order valence-corrected chi connectivity index (χ1v) is 5.66. The summed E-state index contributed by atoms with van der Waals surface area (Å²) in [6, 6.07) is 5.69. The van der Waals surface area contributed by atoms with E-state index in [4.69, 9.17) is 0 Å². The molecule has 0 fully saturated rings. The maximum atomic E-state index is 11.5. The Hall–Kier alpha value is -1.09. The molecule has 0 amide bonds. The molecule has 0 aromatic carbocycles. The highest BCUT2D eigenvalue weighted by molar-refractivity contribution is 4.93. The fourth-order valence-electron chi connectivity index (χ4n) is 1.74. The third-order valence-corrected chi connectivity index (χ3v) is 2.45. The van der Waals surface area contributed by atoms with Crippen LogP contribution in [0, 0.1) is 0 Å². The van der Waals surface area contributed by atoms with Gasteiger partial charge >= 0.3 is 0 Å². The van der Waals surface area contributed by atoms with Gasteiger partial charge in [-0.3, -0.25) is 4.79 Å². The minimum absolute atomic E-state index is 0.0801. The molecule has 0 aliphatic rings. The lowest BCUT2D eigenvalue weighted by molar-refractivity contribution is 0.423. The lowest BCUT2D eigenvalue weighted by Gasteiger charge is -2.18. The molecule has 0 aliphatic carbocycles. The molecule has 15 heavy (non-hydrogen) atoms. The molecule has 0 aliphatic heterocycles. The van der Waals surface area contributed by atoms with Gasteiger partial charge in [-0.2, -0.15) is 0 Å². The molecule has 0 saturated heterocycles. The minimum Gasteiger partial charge on any atom is -0.314 e. The first-order valence-electron chi connectivity index (χ1n) is 5.66. The number of pyridine rings is 1. The Morgan fingerprint density at radius 3 is 2.80 bits per heavy atom. The van der Waals surface area contributed by atoms with Crippen molar-refractivity contribution in [2.45, 2.75) is 39.3 Å². The molecule has 1 unspecified atom stereocenters. The van der Waals surface area contributed by atoms with Crippen molar-refractivity contribution in [1.82, 2.24) is 9.88 Å². The Morgan fingerprint density at radius 2 is 2.20 bits per heavy atom. The number of nitrogens with one attached hydrogen (secondary N) is 1. The highest BCUT2D eigenvalue weighted by Crippen LogP contribution is 1.99. The number of hydrogen-bond acceptors (Lipinski definition) is 2. The van der Waals surface area contributed by atoms with Gasteiger partial charge in [0.2, 0.25) is 0 Å². The van der Waals surface area contributed by atoms with Crippen molar-refractivity contribution in [2.24, 2.45) is 0 Å². The smallest absolute Gasteiger partial charge is 0.250 e. The van der Waals surface area contributed by atoms with Crippen molar-refractivity contribution in [3.63, 3.8) is 0 Å². The van der Waals surface area contributed by atoms with Crippen LogP contribution in [0.15, 0.2) is 29.2 Å². The molecule has 1 heterocycles. The van der Waals surface area contributed by atoms with Gasteiger partial charge in [-0.05, 0) is 19.0 Å². The second-order valence-corrected chi connectivity index (χ2v) is 3.73. The summed E-state index contributed by atoms with van der Waals surface area (Å²) >= 11 is 0. The van der Waals surface area contributed by atoms with Crippen LogP contribution in [-0.4, -0.2) is 17.2 Å². The summed E-state index contributed by atoms with van der Waals surface area (Å²) in [6.07, 6.45) is 4.09. The van der Waals surface area contributed by atoms with E-state index in [1.165, 1.54) is 0 Å². The fourth-order valence-corrected chi connectivity index (χ4v) is 1.74. The number of hydrogen-bond donors (Lipinski definition) is 1. The molecule has 0 bridgehead atoms. The molecular weight excluding hydrogens is 188 g/mol. The summed E-state index contributed by atoms with van der Waals surface area (Å²) < 4.78 is 1.77. The SMILES string of the molecule is CCCC(Cn1ccccc1=O)NCC. The van der Waals surface area contributed by atoms with E-state index < -0.39 is 0 Å². The molecule has 3 nitrogen and oxygen atoms in total. The molecule has 84 valence electrons. The second-order valence-electron chi connectivity index (χ2n) is 3.73. The second kappa shape index (κ2) is 6.40. The van der Waals surface area contributed by atoms with Gasteiger partial charge in [0.05, 0.1) is 0 Å². The molecule has 1 rings (SSSR count). The van der Waals surface area contributed by atoms with E-state index in [-0.39, 0.29) is 5.56 Å². The molecule has 1 N–H and O–H groups in total. The van der Waals surface area contributed by atoms with Crippen molar-refractivity contribution < 1.29 is 0 Å². The van der Waals surface area contributed by atoms with Crippen LogP contribution in [0.2, 0.25) is 0 Å². The van der Waals surface area contributed by atoms with Crippen molar-refractivity contribution >= 4 is 0 Å². The molecule has 0 spiro atoms. The average molecular weight is 208 g/mol. The molecule has 3 heteroatoms. The number of rotatable bonds is 6. The van der Waals surface area contributed by atoms with Crippen LogP contribution in [0.3, 0.4) is 0 Å². The number of nitrogens with zero attached hydrogens (tertiary/aromatic N) is 1. The van der Waals surface area contributed by atoms with Crippen molar-refractivity contribution in [3.8, 4) is 0 Å². The van der Waals surface area contributed by atoms with Gasteiger partial charge in [0.15, 0.2) is 0 Å². The van der Waals surface area contributed by atoms with Crippen LogP contribution in [0.25, 0.3) is 0 Å². The summed E-state index contributed by atoms with van der Waals surface area (Å²) in [7, 11) is 0. The van der Waals surface area contributed by atoms with Crippen LogP contribution in [0.1, 0.15) is 26.7 Å². The van der Waals surface area contributed by atoms with Crippen LogP contribution >= 0.6 is 0 Å². The van der Waals surface area contributed by atoms with E-state index in [9.17, 15) is 4.79 Å². The van der Waals surface area contributed by atoms with Gasteiger partial charge in [0.25, 0.3) is 5.56 Å². The van der Waals surface area contributed by atoms with Crippen LogP contribution in [0.4, 0.5) is 0 Å². The van der Waals surface area contributed by atoms with E-state index >= 15 is 0 Å². The standard InChI is InChI=1S/C12H20N2O/c1-3-7-11(13-4-2)10-14-9-6-5-8-12(14)15/h5-6,8-9,11,13H,3-4,7,10H2,1-2H3. The lowest BCUT2D eigenvalue weighted by atomic mass is 10.1. The summed E-state index contributed by atoms with van der Waals surface area (Å²) in [4.78, 5) is 11.5. The maximum absolute atomic E-state index is 11.5. The van der Waals surface area contributed by atoms with Crippen LogP contribution < -0.4 is 10.9 Å². The van der Waals surface area contributed by atoms with Gasteiger partial charge < -0.3 is 9.88 Å². The van der Waals surface area contributed by atoms with E-state index in [0.717, 1.165) is 25.9 Å². The number of likely N-dealkylation sites (N-methyl/N-ethyl adjacent to an activating group) is 1. The molecule has 0 saturated carbocycles. The maximum Gasteiger partial charge on any atom is 0.250 e. The van der Waals surface area contributed by atoms with Gasteiger partial charge in [-0.1, -0.05) is 26.3 Å². The van der Waals surface area contributed by atoms with E-state index in [1.807, 2.05) is 12.3 Å². The Balaban J connectivity index is 2.65. The monoisotopic (exact) mass is 208 g/mol. The molecular formula is C12H20N2O. The topological polar surface area (TPSA) is 34.0 Å². The van der Waals surface area contributed by atoms with Gasteiger partial charge in [-0.15, -0.1) is 0 Å². The Bertz CT molecular complexity index is 326. The average Bonchev–Trinajstić information content (AvgIpc) is 2.22. The summed E-state index contributed by atoms with van der Waals surface area (Å²) in [5.74, 6) is 0. The number of aromatic nitrogens is 1. The zero-order valence-electron chi connectivity index (χ0n) is 9.57. The zero-order chi connectivity index (χ0) is 11.1. The molecule has 1 atom stereocenters. The van der Waals surface area contributed by atoms with Crippen molar-refractivity contribution in [1.29, 1.82) is 0 Å². The predicted molar refractivity (Wildman–Crippen MR) is 63.1 cm³/mol. The Kier molecular flexibility index (Phi) is 5.12. The molecule has 1 aromatic rings. The normalized spacial score (nSPS) is 12.7. The third-order valence-electron chi connectivity index (χ3n) is 2.45. The predicted octanol–water partition coefficient (Wildman–Crippen LogP) is 1.63. The van der Waals surface area contributed by atoms with Crippen LogP contribution in [0.5, 0.6) is 0 Å². The first-order chi connectivity index (χ1) is 7.27. The molecule has 0 radical (unpaired) electrons. The fraction of sp³-hybridized carbons (Fsp3) is 0.583. The first kappa shape index (κ1) is 12.0. The lowest BCUT2D eigenvalue weighted by Crippen LogP contribution is -2.36. The highest BCUT2D eigenvalue weighted by Gasteiger charge is 2.06. The molecule has 1 aromatic heterocycles. The van der Waals surface area contributed by atoms with Crippen molar-refractivity contribution in [3.05, 3.63) is 34.7 Å². The highest BCUT2D eigenvalue weighted by atomic mass is 16.1. The van der Waals surface area contributed by atoms with E-state index in [1.54, 1.807) is 16.7 Å². The zero-order valence-corrected chi connectivity index (χ0v) is 9.57. The van der Waals surface area contributed by atoms with Gasteiger partial charge in [0.1, 0.15) is 0 Å². The van der Waals surface area contributed by atoms with E-state index in [0.29, 0.717) is 6.04 Å². The summed E-state index contributed by atoms with van der Waals surface area (Å²) in [6.45, 7) is 5.97. The van der Waals surface area contributed by atoms with Crippen molar-refractivity contribution in [2.75, 3.05) is 6.54 Å². The Morgan fingerprint density at radius 1 is 1.40 bits per heavy atom. The summed E-state index contributed by atoms with van der Waals surface area (Å²) in [5, 5.41) is 3.40. The largest absolute Gasteiger partial charge is 0.314 e. The third kappa shape index (κ3) is 3.88. The Labute approximate surface area is 91.1 Å². The van der Waals surface area contributed by atoms with Gasteiger partial charge in [0, 0.05) is 24.8 Å². The van der Waals surface area contributed by atoms with Crippen LogP contribution in [-0.2, 0) is 6.54 Å². The quantitative estimate of drug-likeness (QED) is 0.771. The summed E-state index contributed by atoms with van der Waals surface area (Å²) in [5.41, 5.74) is 0.0801. The van der Waals surface area contributed by atoms with E-state index in [2.05, 4.69) is 19.2 Å².